The summed E-state index contributed by atoms with van der Waals surface area (Å²) in [6.45, 7) is 8.14. The number of nitrogens with zero attached hydrogens (tertiary/aromatic N) is 1. The summed E-state index contributed by atoms with van der Waals surface area (Å²) < 4.78 is 10.7. The van der Waals surface area contributed by atoms with Gasteiger partial charge >= 0.3 is 0 Å². The van der Waals surface area contributed by atoms with E-state index >= 15 is 0 Å². The van der Waals surface area contributed by atoms with E-state index in [1.165, 1.54) is 11.3 Å². The highest BCUT2D eigenvalue weighted by molar-refractivity contribution is 7.12. The highest BCUT2D eigenvalue weighted by Gasteiger charge is 2.11. The standard InChI is InChI=1S/C14H22N2O3S/c1-4-18-7-8-19-14(15-10-11(2)3)16-13(17)12-6-5-9-20-12/h5-6,9,11H,4,7-8,10H2,1-3H3,(H,15,16,17). The van der Waals surface area contributed by atoms with E-state index in [1.807, 2.05) is 18.4 Å². The summed E-state index contributed by atoms with van der Waals surface area (Å²) in [5, 5.41) is 4.55. The topological polar surface area (TPSA) is 59.9 Å². The summed E-state index contributed by atoms with van der Waals surface area (Å²) in [5.74, 6) is 0.207. The molecule has 112 valence electrons. The van der Waals surface area contributed by atoms with E-state index in [9.17, 15) is 4.79 Å². The average molecular weight is 298 g/mol. The molecule has 0 aromatic carbocycles. The maximum atomic E-state index is 12.0. The molecule has 1 N–H and O–H groups in total. The number of aliphatic imine (C=N–C) groups is 1. The molecule has 0 aliphatic carbocycles. The van der Waals surface area contributed by atoms with Gasteiger partial charge in [0.1, 0.15) is 6.61 Å². The molecule has 1 heterocycles. The molecule has 20 heavy (non-hydrogen) atoms. The quantitative estimate of drug-likeness (QED) is 0.478. The Morgan fingerprint density at radius 2 is 2.25 bits per heavy atom. The van der Waals surface area contributed by atoms with Gasteiger partial charge in [-0.2, -0.15) is 0 Å². The zero-order valence-electron chi connectivity index (χ0n) is 12.2. The fourth-order valence-corrected chi connectivity index (χ4v) is 1.91. The molecule has 1 rings (SSSR count). The number of carbonyl (C=O) groups is 1. The van der Waals surface area contributed by atoms with Crippen molar-refractivity contribution in [1.29, 1.82) is 0 Å². The highest BCUT2D eigenvalue weighted by atomic mass is 32.1. The predicted molar refractivity (Wildman–Crippen MR) is 81.4 cm³/mol. The second kappa shape index (κ2) is 9.50. The van der Waals surface area contributed by atoms with E-state index in [0.29, 0.717) is 37.2 Å². The van der Waals surface area contributed by atoms with Crippen molar-refractivity contribution in [2.45, 2.75) is 20.8 Å². The van der Waals surface area contributed by atoms with Gasteiger partial charge < -0.3 is 9.47 Å². The number of hydrogen-bond donors (Lipinski definition) is 1. The van der Waals surface area contributed by atoms with Crippen LogP contribution in [0.5, 0.6) is 0 Å². The van der Waals surface area contributed by atoms with Crippen molar-refractivity contribution >= 4 is 23.3 Å². The maximum Gasteiger partial charge on any atom is 0.291 e. The first kappa shape index (κ1) is 16.7. The summed E-state index contributed by atoms with van der Waals surface area (Å²) >= 11 is 1.38. The Balaban J connectivity index is 2.53. The van der Waals surface area contributed by atoms with E-state index < -0.39 is 0 Å². The van der Waals surface area contributed by atoms with Gasteiger partial charge in [0, 0.05) is 13.2 Å². The number of nitrogens with one attached hydrogen (secondary N) is 1. The maximum absolute atomic E-state index is 12.0. The number of carbonyl (C=O) groups excluding carboxylic acids is 1. The molecule has 1 aromatic heterocycles. The van der Waals surface area contributed by atoms with E-state index in [2.05, 4.69) is 24.2 Å². The Hall–Kier alpha value is -1.40. The molecule has 0 radical (unpaired) electrons. The number of ether oxygens (including phenoxy) is 2. The minimum Gasteiger partial charge on any atom is -0.463 e. The molecule has 0 spiro atoms. The molecule has 0 saturated carbocycles. The lowest BCUT2D eigenvalue weighted by Gasteiger charge is -2.11. The summed E-state index contributed by atoms with van der Waals surface area (Å²) in [4.78, 5) is 16.9. The molecule has 6 heteroatoms. The Bertz CT molecular complexity index is 416. The Morgan fingerprint density at radius 1 is 1.45 bits per heavy atom. The van der Waals surface area contributed by atoms with Crippen LogP contribution in [0.25, 0.3) is 0 Å². The van der Waals surface area contributed by atoms with Gasteiger partial charge in [-0.3, -0.25) is 10.1 Å². The number of hydrogen-bond acceptors (Lipinski definition) is 5. The van der Waals surface area contributed by atoms with E-state index in [0.717, 1.165) is 0 Å². The summed E-state index contributed by atoms with van der Waals surface area (Å²) in [6.07, 6.45) is 0. The lowest BCUT2D eigenvalue weighted by Crippen LogP contribution is -2.33. The van der Waals surface area contributed by atoms with Crippen molar-refractivity contribution in [2.24, 2.45) is 10.9 Å². The Kier molecular flexibility index (Phi) is 7.91. The molecule has 0 fully saturated rings. The largest absolute Gasteiger partial charge is 0.463 e. The minimum atomic E-state index is -0.195. The van der Waals surface area contributed by atoms with Crippen molar-refractivity contribution in [1.82, 2.24) is 5.32 Å². The summed E-state index contributed by atoms with van der Waals surface area (Å²) in [7, 11) is 0. The average Bonchev–Trinajstić information content (AvgIpc) is 2.94. The third-order valence-electron chi connectivity index (χ3n) is 2.24. The van der Waals surface area contributed by atoms with Crippen LogP contribution < -0.4 is 5.32 Å². The number of thiophene rings is 1. The molecule has 0 aliphatic heterocycles. The molecule has 0 aliphatic rings. The fourth-order valence-electron chi connectivity index (χ4n) is 1.29. The smallest absolute Gasteiger partial charge is 0.291 e. The third kappa shape index (κ3) is 6.68. The molecule has 1 aromatic rings. The van der Waals surface area contributed by atoms with Crippen LogP contribution in [0.1, 0.15) is 30.4 Å². The Labute approximate surface area is 124 Å². The summed E-state index contributed by atoms with van der Waals surface area (Å²) in [5.41, 5.74) is 0. The van der Waals surface area contributed by atoms with Crippen LogP contribution >= 0.6 is 11.3 Å². The molecular formula is C14H22N2O3S. The zero-order valence-corrected chi connectivity index (χ0v) is 13.0. The molecular weight excluding hydrogens is 276 g/mol. The highest BCUT2D eigenvalue weighted by Crippen LogP contribution is 2.07. The van der Waals surface area contributed by atoms with Gasteiger partial charge in [-0.05, 0) is 24.3 Å². The first-order valence-electron chi connectivity index (χ1n) is 6.73. The molecule has 0 unspecified atom stereocenters. The van der Waals surface area contributed by atoms with Gasteiger partial charge in [-0.15, -0.1) is 11.3 Å². The number of rotatable bonds is 7. The van der Waals surface area contributed by atoms with Crippen LogP contribution in [-0.2, 0) is 9.47 Å². The van der Waals surface area contributed by atoms with Crippen LogP contribution in [0.15, 0.2) is 22.5 Å². The van der Waals surface area contributed by atoms with Crippen molar-refractivity contribution in [3.8, 4) is 0 Å². The fraction of sp³-hybridized carbons (Fsp3) is 0.571. The van der Waals surface area contributed by atoms with Crippen LogP contribution in [0, 0.1) is 5.92 Å². The van der Waals surface area contributed by atoms with Crippen LogP contribution in [0.2, 0.25) is 0 Å². The van der Waals surface area contributed by atoms with Gasteiger partial charge in [0.2, 0.25) is 0 Å². The molecule has 0 atom stereocenters. The number of amides is 1. The lowest BCUT2D eigenvalue weighted by molar-refractivity contribution is 0.0924. The lowest BCUT2D eigenvalue weighted by atomic mass is 10.2. The second-order valence-corrected chi connectivity index (χ2v) is 5.46. The van der Waals surface area contributed by atoms with Gasteiger partial charge in [0.15, 0.2) is 0 Å². The normalized spacial score (nSPS) is 11.7. The molecule has 5 nitrogen and oxygen atoms in total. The molecule has 1 amide bonds. The minimum absolute atomic E-state index is 0.195. The van der Waals surface area contributed by atoms with Crippen molar-refractivity contribution < 1.29 is 14.3 Å². The van der Waals surface area contributed by atoms with Crippen molar-refractivity contribution in [3.05, 3.63) is 22.4 Å². The van der Waals surface area contributed by atoms with Gasteiger partial charge in [-0.25, -0.2) is 4.99 Å². The SMILES string of the molecule is CCOCCOC(=NCC(C)C)NC(=O)c1cccs1. The van der Waals surface area contributed by atoms with Crippen molar-refractivity contribution in [2.75, 3.05) is 26.4 Å². The zero-order chi connectivity index (χ0) is 14.8. The third-order valence-corrected chi connectivity index (χ3v) is 3.10. The van der Waals surface area contributed by atoms with Crippen LogP contribution in [0.3, 0.4) is 0 Å². The monoisotopic (exact) mass is 298 g/mol. The first-order valence-corrected chi connectivity index (χ1v) is 7.61. The first-order chi connectivity index (χ1) is 9.63. The van der Waals surface area contributed by atoms with Crippen molar-refractivity contribution in [3.63, 3.8) is 0 Å². The molecule has 0 saturated heterocycles. The predicted octanol–water partition coefficient (Wildman–Crippen LogP) is 2.54. The summed E-state index contributed by atoms with van der Waals surface area (Å²) in [6, 6.07) is 3.86. The number of amidine groups is 1. The van der Waals surface area contributed by atoms with Gasteiger partial charge in [-0.1, -0.05) is 19.9 Å². The van der Waals surface area contributed by atoms with Crippen LogP contribution in [-0.4, -0.2) is 38.3 Å². The Morgan fingerprint density at radius 3 is 2.85 bits per heavy atom. The molecule has 0 bridgehead atoms. The van der Waals surface area contributed by atoms with E-state index in [4.69, 9.17) is 9.47 Å². The second-order valence-electron chi connectivity index (χ2n) is 4.52. The van der Waals surface area contributed by atoms with Gasteiger partial charge in [0.25, 0.3) is 11.9 Å². The van der Waals surface area contributed by atoms with E-state index in [1.54, 1.807) is 6.07 Å². The van der Waals surface area contributed by atoms with E-state index in [-0.39, 0.29) is 11.9 Å². The van der Waals surface area contributed by atoms with Gasteiger partial charge in [0.05, 0.1) is 11.5 Å². The van der Waals surface area contributed by atoms with Crippen LogP contribution in [0.4, 0.5) is 0 Å².